The van der Waals surface area contributed by atoms with Crippen LogP contribution in [-0.2, 0) is 32.6 Å². The van der Waals surface area contributed by atoms with Crippen LogP contribution in [0.15, 0.2) is 72.8 Å². The van der Waals surface area contributed by atoms with Crippen LogP contribution < -0.4 is 14.4 Å². The molecule has 0 aliphatic carbocycles. The molecule has 2 amide bonds. The number of ether oxygens (including phenoxy) is 1. The highest BCUT2D eigenvalue weighted by Crippen LogP contribution is 2.31. The van der Waals surface area contributed by atoms with Crippen molar-refractivity contribution < 1.29 is 22.7 Å². The smallest absolute Gasteiger partial charge is 0.244 e. The molecule has 0 aromatic heterocycles. The largest absolute Gasteiger partial charge is 0.495 e. The van der Waals surface area contributed by atoms with Gasteiger partial charge in [0.25, 0.3) is 0 Å². The Hall–Kier alpha value is -3.85. The number of nitrogens with zero attached hydrogens (tertiary/aromatic N) is 2. The van der Waals surface area contributed by atoms with Crippen LogP contribution in [-0.4, -0.2) is 57.1 Å². The summed E-state index contributed by atoms with van der Waals surface area (Å²) in [5.74, 6) is -0.461. The second kappa shape index (κ2) is 14.2. The van der Waals surface area contributed by atoms with Crippen LogP contribution in [0.1, 0.15) is 42.5 Å². The first-order chi connectivity index (χ1) is 19.4. The molecule has 0 aliphatic rings. The molecule has 3 rings (SSSR count). The fraction of sp³-hybridized carbons (Fsp3) is 0.375. The second-order valence-electron chi connectivity index (χ2n) is 10.5. The Balaban J connectivity index is 2.10. The summed E-state index contributed by atoms with van der Waals surface area (Å²) < 4.78 is 32.6. The lowest BCUT2D eigenvalue weighted by Crippen LogP contribution is -2.54. The number of amides is 2. The number of benzene rings is 3. The molecule has 0 bridgehead atoms. The van der Waals surface area contributed by atoms with Crippen molar-refractivity contribution in [2.24, 2.45) is 0 Å². The number of carbonyl (C=O) groups excluding carboxylic acids is 2. The van der Waals surface area contributed by atoms with Crippen molar-refractivity contribution in [3.8, 4) is 5.75 Å². The third kappa shape index (κ3) is 8.82. The van der Waals surface area contributed by atoms with E-state index in [-0.39, 0.29) is 30.6 Å². The summed E-state index contributed by atoms with van der Waals surface area (Å²) in [7, 11) is -2.44. The molecular formula is C32H41N3O5S. The molecule has 0 unspecified atom stereocenters. The molecule has 0 radical (unpaired) electrons. The summed E-state index contributed by atoms with van der Waals surface area (Å²) in [6, 6.07) is 21.4. The summed E-state index contributed by atoms with van der Waals surface area (Å²) >= 11 is 0. The molecule has 9 heteroatoms. The van der Waals surface area contributed by atoms with Gasteiger partial charge in [0, 0.05) is 19.0 Å². The first-order valence-electron chi connectivity index (χ1n) is 13.7. The summed E-state index contributed by atoms with van der Waals surface area (Å²) in [5.41, 5.74) is 3.86. The normalized spacial score (nSPS) is 12.7. The number of nitrogens with one attached hydrogen (secondary N) is 1. The molecule has 3 aromatic rings. The van der Waals surface area contributed by atoms with Crippen molar-refractivity contribution in [3.63, 3.8) is 0 Å². The summed E-state index contributed by atoms with van der Waals surface area (Å²) in [5, 5.41) is 3.04. The summed E-state index contributed by atoms with van der Waals surface area (Å²) in [4.78, 5) is 29.5. The van der Waals surface area contributed by atoms with Gasteiger partial charge in [-0.05, 0) is 56.0 Å². The maximum atomic E-state index is 14.2. The molecule has 3 aromatic carbocycles. The van der Waals surface area contributed by atoms with E-state index in [4.69, 9.17) is 4.74 Å². The van der Waals surface area contributed by atoms with Gasteiger partial charge in [-0.1, -0.05) is 73.2 Å². The van der Waals surface area contributed by atoms with E-state index in [1.165, 1.54) is 12.0 Å². The maximum absolute atomic E-state index is 14.2. The van der Waals surface area contributed by atoms with Gasteiger partial charge in [-0.2, -0.15) is 0 Å². The van der Waals surface area contributed by atoms with Crippen molar-refractivity contribution in [3.05, 3.63) is 95.1 Å². The molecule has 2 atom stereocenters. The quantitative estimate of drug-likeness (QED) is 0.319. The topological polar surface area (TPSA) is 96.0 Å². The lowest BCUT2D eigenvalue weighted by atomic mass is 10.0. The Kier molecular flexibility index (Phi) is 10.9. The fourth-order valence-electron chi connectivity index (χ4n) is 4.47. The minimum atomic E-state index is -3.90. The number of sulfonamides is 1. The Morgan fingerprint density at radius 3 is 2.15 bits per heavy atom. The number of hydrogen-bond donors (Lipinski definition) is 1. The van der Waals surface area contributed by atoms with E-state index in [0.29, 0.717) is 5.75 Å². The lowest BCUT2D eigenvalue weighted by Gasteiger charge is -2.34. The lowest BCUT2D eigenvalue weighted by molar-refractivity contribution is -0.140. The predicted molar refractivity (Wildman–Crippen MR) is 163 cm³/mol. The van der Waals surface area contributed by atoms with Crippen LogP contribution >= 0.6 is 0 Å². The van der Waals surface area contributed by atoms with E-state index in [1.807, 2.05) is 88.4 Å². The van der Waals surface area contributed by atoms with Gasteiger partial charge in [0.1, 0.15) is 18.3 Å². The van der Waals surface area contributed by atoms with Gasteiger partial charge >= 0.3 is 0 Å². The van der Waals surface area contributed by atoms with E-state index in [1.54, 1.807) is 12.1 Å². The molecule has 0 heterocycles. The van der Waals surface area contributed by atoms with Crippen LogP contribution in [0.4, 0.5) is 5.69 Å². The molecule has 8 nitrogen and oxygen atoms in total. The third-order valence-electron chi connectivity index (χ3n) is 7.03. The number of aryl methyl sites for hydroxylation is 2. The average molecular weight is 580 g/mol. The van der Waals surface area contributed by atoms with Crippen LogP contribution in [0.2, 0.25) is 0 Å². The Labute approximate surface area is 244 Å². The van der Waals surface area contributed by atoms with Crippen LogP contribution in [0.25, 0.3) is 0 Å². The summed E-state index contributed by atoms with van der Waals surface area (Å²) in [6.07, 6.45) is 2.06. The molecule has 0 saturated heterocycles. The summed E-state index contributed by atoms with van der Waals surface area (Å²) in [6.45, 7) is 7.35. The molecular weight excluding hydrogens is 538 g/mol. The molecule has 0 aliphatic heterocycles. The van der Waals surface area contributed by atoms with E-state index < -0.39 is 28.5 Å². The molecule has 41 heavy (non-hydrogen) atoms. The maximum Gasteiger partial charge on any atom is 0.244 e. The van der Waals surface area contributed by atoms with E-state index in [0.717, 1.165) is 39.2 Å². The fourth-order valence-corrected chi connectivity index (χ4v) is 5.32. The van der Waals surface area contributed by atoms with Gasteiger partial charge < -0.3 is 15.0 Å². The number of anilines is 1. The molecule has 1 N–H and O–H groups in total. The van der Waals surface area contributed by atoms with Gasteiger partial charge in [0.15, 0.2) is 0 Å². The minimum absolute atomic E-state index is 0.0961. The number of hydrogen-bond acceptors (Lipinski definition) is 5. The standard InChI is InChI=1S/C32H41N3O5S/c1-7-25(4)33-32(37)29(20-26-11-9-8-10-12-26)34(21-27-16-13-23(2)14-17-27)31(36)22-35(41(6,38)39)28-19-24(3)15-18-30(28)40-5/h8-19,25,29H,7,20-22H2,1-6H3,(H,33,37)/t25-,29-/m1/s1. The Morgan fingerprint density at radius 2 is 1.56 bits per heavy atom. The first kappa shape index (κ1) is 31.7. The van der Waals surface area contributed by atoms with Gasteiger partial charge in [-0.15, -0.1) is 0 Å². The van der Waals surface area contributed by atoms with E-state index in [2.05, 4.69) is 5.32 Å². The van der Waals surface area contributed by atoms with Crippen molar-refractivity contribution in [2.45, 2.75) is 59.2 Å². The minimum Gasteiger partial charge on any atom is -0.495 e. The number of rotatable bonds is 13. The highest BCUT2D eigenvalue weighted by Gasteiger charge is 2.34. The van der Waals surface area contributed by atoms with E-state index in [9.17, 15) is 18.0 Å². The molecule has 0 saturated carbocycles. The predicted octanol–water partition coefficient (Wildman–Crippen LogP) is 4.63. The molecule has 0 fully saturated rings. The zero-order chi connectivity index (χ0) is 30.2. The van der Waals surface area contributed by atoms with Crippen molar-refractivity contribution >= 4 is 27.5 Å². The van der Waals surface area contributed by atoms with Crippen LogP contribution in [0, 0.1) is 13.8 Å². The van der Waals surface area contributed by atoms with Crippen LogP contribution in [0.5, 0.6) is 5.75 Å². The molecule has 0 spiro atoms. The second-order valence-corrected chi connectivity index (χ2v) is 12.4. The van der Waals surface area contributed by atoms with Crippen molar-refractivity contribution in [1.82, 2.24) is 10.2 Å². The van der Waals surface area contributed by atoms with Gasteiger partial charge in [0.2, 0.25) is 21.8 Å². The van der Waals surface area contributed by atoms with Gasteiger partial charge in [-0.3, -0.25) is 13.9 Å². The zero-order valence-electron chi connectivity index (χ0n) is 24.8. The number of carbonyl (C=O) groups is 2. The van der Waals surface area contributed by atoms with Gasteiger partial charge in [-0.25, -0.2) is 8.42 Å². The van der Waals surface area contributed by atoms with Gasteiger partial charge in [0.05, 0.1) is 19.1 Å². The first-order valence-corrected chi connectivity index (χ1v) is 15.6. The number of methoxy groups -OCH3 is 1. The Bertz CT molecular complexity index is 1430. The third-order valence-corrected chi connectivity index (χ3v) is 8.15. The monoisotopic (exact) mass is 579 g/mol. The Morgan fingerprint density at radius 1 is 0.927 bits per heavy atom. The highest BCUT2D eigenvalue weighted by atomic mass is 32.2. The van der Waals surface area contributed by atoms with Crippen LogP contribution in [0.3, 0.4) is 0 Å². The van der Waals surface area contributed by atoms with Crippen molar-refractivity contribution in [2.75, 3.05) is 24.2 Å². The van der Waals surface area contributed by atoms with E-state index >= 15 is 0 Å². The SMILES string of the molecule is CC[C@@H](C)NC(=O)[C@@H](Cc1ccccc1)N(Cc1ccc(C)cc1)C(=O)CN(c1cc(C)ccc1OC)S(C)(=O)=O. The zero-order valence-corrected chi connectivity index (χ0v) is 25.6. The molecule has 220 valence electrons. The average Bonchev–Trinajstić information content (AvgIpc) is 2.94. The van der Waals surface area contributed by atoms with Crippen molar-refractivity contribution in [1.29, 1.82) is 0 Å². The highest BCUT2D eigenvalue weighted by molar-refractivity contribution is 7.92.